The number of nitrogens with zero attached hydrogens (tertiary/aromatic N) is 3. The molecule has 134 valence electrons. The number of aryl methyl sites for hydroxylation is 2. The molecule has 1 N–H and O–H groups in total. The highest BCUT2D eigenvalue weighted by Crippen LogP contribution is 2.37. The van der Waals surface area contributed by atoms with E-state index in [2.05, 4.69) is 34.0 Å². The number of fused-ring (bicyclic) bond motifs is 1. The van der Waals surface area contributed by atoms with E-state index in [0.717, 1.165) is 29.7 Å². The van der Waals surface area contributed by atoms with Crippen LogP contribution in [0.15, 0.2) is 13.5 Å². The van der Waals surface area contributed by atoms with Gasteiger partial charge in [-0.05, 0) is 32.3 Å². The van der Waals surface area contributed by atoms with Crippen LogP contribution in [0.25, 0.3) is 10.2 Å². The molecule has 9 heteroatoms. The SMILES string of the molecule is Cc1sc2nc([C@H](C)Sc3nnc(SCC(C)C)s3)[nH]c(=O)c2c1C. The van der Waals surface area contributed by atoms with Crippen molar-refractivity contribution >= 4 is 56.4 Å². The van der Waals surface area contributed by atoms with Crippen LogP contribution in [-0.4, -0.2) is 25.9 Å². The van der Waals surface area contributed by atoms with E-state index in [1.807, 2.05) is 20.8 Å². The molecule has 0 aliphatic carbocycles. The molecule has 0 aliphatic rings. The lowest BCUT2D eigenvalue weighted by molar-refractivity contribution is 0.749. The Labute approximate surface area is 163 Å². The Kier molecular flexibility index (Phi) is 5.87. The standard InChI is InChI=1S/C16H20N4OS4/c1-7(2)6-22-15-19-20-16(25-15)24-10(5)12-17-13(21)11-8(3)9(4)23-14(11)18-12/h7,10H,6H2,1-5H3,(H,17,18,21)/t10-/m0/s1. The summed E-state index contributed by atoms with van der Waals surface area (Å²) in [5.41, 5.74) is 0.969. The van der Waals surface area contributed by atoms with E-state index in [1.54, 1.807) is 46.2 Å². The first-order valence-corrected chi connectivity index (χ1v) is 11.5. The van der Waals surface area contributed by atoms with Crippen LogP contribution in [0.2, 0.25) is 0 Å². The Bertz CT molecular complexity index is 943. The van der Waals surface area contributed by atoms with Crippen LogP contribution in [-0.2, 0) is 0 Å². The Balaban J connectivity index is 1.78. The summed E-state index contributed by atoms with van der Waals surface area (Å²) in [7, 11) is 0. The lowest BCUT2D eigenvalue weighted by Crippen LogP contribution is -2.12. The summed E-state index contributed by atoms with van der Waals surface area (Å²) in [6, 6.07) is 0. The minimum Gasteiger partial charge on any atom is -0.309 e. The van der Waals surface area contributed by atoms with Crippen LogP contribution in [0, 0.1) is 19.8 Å². The fourth-order valence-corrected chi connectivity index (χ4v) is 6.45. The highest BCUT2D eigenvalue weighted by molar-refractivity contribution is 8.03. The quantitative estimate of drug-likeness (QED) is 0.571. The van der Waals surface area contributed by atoms with E-state index in [1.165, 1.54) is 0 Å². The van der Waals surface area contributed by atoms with Crippen LogP contribution in [0.5, 0.6) is 0 Å². The normalized spacial score (nSPS) is 13.0. The first-order chi connectivity index (χ1) is 11.8. The second-order valence-corrected chi connectivity index (χ2v) is 11.2. The second kappa shape index (κ2) is 7.77. The number of aromatic nitrogens is 4. The molecule has 0 saturated carbocycles. The molecule has 25 heavy (non-hydrogen) atoms. The topological polar surface area (TPSA) is 71.5 Å². The number of rotatable bonds is 6. The summed E-state index contributed by atoms with van der Waals surface area (Å²) < 4.78 is 1.89. The predicted octanol–water partition coefficient (Wildman–Crippen LogP) is 5.05. The number of hydrogen-bond acceptors (Lipinski definition) is 8. The molecule has 1 atom stereocenters. The third-order valence-electron chi connectivity index (χ3n) is 3.65. The number of thiophene rings is 1. The molecule has 3 heterocycles. The highest BCUT2D eigenvalue weighted by atomic mass is 32.2. The summed E-state index contributed by atoms with van der Waals surface area (Å²) in [6.07, 6.45) is 0. The minimum absolute atomic E-state index is 0.00992. The van der Waals surface area contributed by atoms with E-state index in [0.29, 0.717) is 17.1 Å². The molecule has 3 aromatic heterocycles. The van der Waals surface area contributed by atoms with E-state index >= 15 is 0 Å². The zero-order valence-electron chi connectivity index (χ0n) is 14.7. The molecule has 0 radical (unpaired) electrons. The van der Waals surface area contributed by atoms with Gasteiger partial charge in [0.15, 0.2) is 8.68 Å². The molecule has 0 fully saturated rings. The maximum atomic E-state index is 12.4. The van der Waals surface area contributed by atoms with Gasteiger partial charge in [0.05, 0.1) is 10.6 Å². The number of H-pyrrole nitrogens is 1. The van der Waals surface area contributed by atoms with Gasteiger partial charge in [0, 0.05) is 10.6 Å². The van der Waals surface area contributed by atoms with Gasteiger partial charge < -0.3 is 4.98 Å². The monoisotopic (exact) mass is 412 g/mol. The van der Waals surface area contributed by atoms with Gasteiger partial charge in [-0.3, -0.25) is 4.79 Å². The van der Waals surface area contributed by atoms with Gasteiger partial charge >= 0.3 is 0 Å². The Morgan fingerprint density at radius 3 is 2.56 bits per heavy atom. The summed E-state index contributed by atoms with van der Waals surface area (Å²) in [5, 5.41) is 9.22. The zero-order valence-corrected chi connectivity index (χ0v) is 18.0. The summed E-state index contributed by atoms with van der Waals surface area (Å²) >= 11 is 6.50. The molecule has 0 aromatic carbocycles. The summed E-state index contributed by atoms with van der Waals surface area (Å²) in [4.78, 5) is 22.0. The van der Waals surface area contributed by atoms with Crippen LogP contribution in [0.3, 0.4) is 0 Å². The Morgan fingerprint density at radius 2 is 1.84 bits per heavy atom. The van der Waals surface area contributed by atoms with Gasteiger partial charge in [0.1, 0.15) is 10.7 Å². The minimum atomic E-state index is -0.0558. The molecular weight excluding hydrogens is 392 g/mol. The van der Waals surface area contributed by atoms with Gasteiger partial charge in [-0.15, -0.1) is 21.5 Å². The zero-order chi connectivity index (χ0) is 18.1. The van der Waals surface area contributed by atoms with Crippen molar-refractivity contribution in [3.8, 4) is 0 Å². The van der Waals surface area contributed by atoms with Gasteiger partial charge in [-0.2, -0.15) is 0 Å². The number of aromatic amines is 1. The van der Waals surface area contributed by atoms with E-state index in [-0.39, 0.29) is 10.8 Å². The van der Waals surface area contributed by atoms with Crippen molar-refractivity contribution < 1.29 is 0 Å². The molecule has 0 unspecified atom stereocenters. The summed E-state index contributed by atoms with van der Waals surface area (Å²) in [6.45, 7) is 10.4. The van der Waals surface area contributed by atoms with Gasteiger partial charge in [0.25, 0.3) is 5.56 Å². The maximum absolute atomic E-state index is 12.4. The third-order valence-corrected chi connectivity index (χ3v) is 8.43. The fraction of sp³-hybridized carbons (Fsp3) is 0.500. The average Bonchev–Trinajstić information content (AvgIpc) is 3.10. The predicted molar refractivity (Wildman–Crippen MR) is 109 cm³/mol. The molecule has 0 aliphatic heterocycles. The van der Waals surface area contributed by atoms with Crippen LogP contribution < -0.4 is 5.56 Å². The van der Waals surface area contributed by atoms with Crippen LogP contribution in [0.1, 0.15) is 42.3 Å². The number of nitrogens with one attached hydrogen (secondary N) is 1. The molecule has 0 amide bonds. The van der Waals surface area contributed by atoms with E-state index in [9.17, 15) is 4.79 Å². The van der Waals surface area contributed by atoms with E-state index < -0.39 is 0 Å². The van der Waals surface area contributed by atoms with E-state index in [4.69, 9.17) is 0 Å². The van der Waals surface area contributed by atoms with Crippen molar-refractivity contribution in [1.29, 1.82) is 0 Å². The fourth-order valence-electron chi connectivity index (χ4n) is 2.21. The first kappa shape index (κ1) is 18.9. The molecule has 3 rings (SSSR count). The number of thioether (sulfide) groups is 2. The first-order valence-electron chi connectivity index (χ1n) is 7.98. The lowest BCUT2D eigenvalue weighted by atomic mass is 10.2. The van der Waals surface area contributed by atoms with Gasteiger partial charge in [-0.25, -0.2) is 4.98 Å². The molecule has 0 saturated heterocycles. The van der Waals surface area contributed by atoms with Crippen molar-refractivity contribution in [2.45, 2.75) is 48.5 Å². The average molecular weight is 413 g/mol. The second-order valence-electron chi connectivity index (χ2n) is 6.21. The molecule has 0 spiro atoms. The summed E-state index contributed by atoms with van der Waals surface area (Å²) in [5.74, 6) is 2.36. The van der Waals surface area contributed by atoms with Crippen LogP contribution >= 0.6 is 46.2 Å². The highest BCUT2D eigenvalue weighted by Gasteiger charge is 2.18. The molecule has 5 nitrogen and oxygen atoms in total. The van der Waals surface area contributed by atoms with Crippen molar-refractivity contribution in [3.05, 3.63) is 26.6 Å². The lowest BCUT2D eigenvalue weighted by Gasteiger charge is -2.07. The van der Waals surface area contributed by atoms with Crippen molar-refractivity contribution in [1.82, 2.24) is 20.2 Å². The Morgan fingerprint density at radius 1 is 1.12 bits per heavy atom. The molecular formula is C16H20N4OS4. The smallest absolute Gasteiger partial charge is 0.259 e. The van der Waals surface area contributed by atoms with Gasteiger partial charge in [0.2, 0.25) is 0 Å². The van der Waals surface area contributed by atoms with Gasteiger partial charge in [-0.1, -0.05) is 48.7 Å². The molecule has 3 aromatic rings. The van der Waals surface area contributed by atoms with Crippen molar-refractivity contribution in [3.63, 3.8) is 0 Å². The number of hydrogen-bond donors (Lipinski definition) is 1. The molecule has 0 bridgehead atoms. The van der Waals surface area contributed by atoms with Crippen molar-refractivity contribution in [2.75, 3.05) is 5.75 Å². The largest absolute Gasteiger partial charge is 0.309 e. The maximum Gasteiger partial charge on any atom is 0.259 e. The van der Waals surface area contributed by atoms with Crippen LogP contribution in [0.4, 0.5) is 0 Å². The Hall–Kier alpha value is -0.900. The van der Waals surface area contributed by atoms with Crippen molar-refractivity contribution in [2.24, 2.45) is 5.92 Å². The third kappa shape index (κ3) is 4.27.